The first-order chi connectivity index (χ1) is 8.84. The predicted octanol–water partition coefficient (Wildman–Crippen LogP) is 1.61. The van der Waals surface area contributed by atoms with E-state index in [1.165, 1.54) is 6.33 Å². The van der Waals surface area contributed by atoms with E-state index in [9.17, 15) is 0 Å². The van der Waals surface area contributed by atoms with E-state index in [1.807, 2.05) is 35.9 Å². The van der Waals surface area contributed by atoms with Crippen LogP contribution in [0.2, 0.25) is 0 Å². The van der Waals surface area contributed by atoms with E-state index in [4.69, 9.17) is 4.52 Å². The molecule has 6 nitrogen and oxygen atoms in total. The molecular formula is C12H13N5O. The molecule has 0 radical (unpaired) electrons. The van der Waals surface area contributed by atoms with Gasteiger partial charge in [0, 0.05) is 20.0 Å². The maximum Gasteiger partial charge on any atom is 0.228 e. The van der Waals surface area contributed by atoms with Crippen molar-refractivity contribution in [3.05, 3.63) is 36.5 Å². The highest BCUT2D eigenvalue weighted by atomic mass is 16.5. The number of anilines is 1. The zero-order chi connectivity index (χ0) is 12.4. The van der Waals surface area contributed by atoms with Gasteiger partial charge in [0.1, 0.15) is 0 Å². The van der Waals surface area contributed by atoms with Crippen LogP contribution in [0, 0.1) is 0 Å². The Bertz CT molecular complexity index is 644. The molecule has 0 unspecified atom stereocenters. The second-order valence-corrected chi connectivity index (χ2v) is 3.99. The Labute approximate surface area is 104 Å². The number of hydrogen-bond donors (Lipinski definition) is 1. The summed E-state index contributed by atoms with van der Waals surface area (Å²) in [5, 5.41) is 6.83. The fraction of sp³-hybridized carbons (Fsp3) is 0.250. The van der Waals surface area contributed by atoms with Crippen LogP contribution in [0.25, 0.3) is 11.0 Å². The molecule has 92 valence electrons. The summed E-state index contributed by atoms with van der Waals surface area (Å²) in [6.07, 6.45) is 2.09. The average Bonchev–Trinajstić information content (AvgIpc) is 3.00. The summed E-state index contributed by atoms with van der Waals surface area (Å²) < 4.78 is 6.96. The third-order valence-corrected chi connectivity index (χ3v) is 2.82. The summed E-state index contributed by atoms with van der Waals surface area (Å²) in [7, 11) is 1.99. The molecule has 1 aromatic carbocycles. The number of fused-ring (bicyclic) bond motifs is 1. The van der Waals surface area contributed by atoms with E-state index < -0.39 is 0 Å². The fourth-order valence-electron chi connectivity index (χ4n) is 1.89. The lowest BCUT2D eigenvalue weighted by Crippen LogP contribution is -2.09. The number of para-hydroxylation sites is 2. The third kappa shape index (κ3) is 1.92. The lowest BCUT2D eigenvalue weighted by molar-refractivity contribution is 0.379. The molecule has 2 heterocycles. The van der Waals surface area contributed by atoms with Crippen LogP contribution in [0.1, 0.15) is 5.89 Å². The Morgan fingerprint density at radius 3 is 3.00 bits per heavy atom. The van der Waals surface area contributed by atoms with E-state index in [1.54, 1.807) is 0 Å². The minimum Gasteiger partial charge on any atom is -0.355 e. The smallest absolute Gasteiger partial charge is 0.228 e. The fourth-order valence-corrected chi connectivity index (χ4v) is 1.89. The zero-order valence-corrected chi connectivity index (χ0v) is 10.00. The molecule has 0 aliphatic heterocycles. The molecule has 0 aliphatic carbocycles. The largest absolute Gasteiger partial charge is 0.355 e. The van der Waals surface area contributed by atoms with Crippen LogP contribution in [0.4, 0.5) is 5.95 Å². The standard InChI is InChI=1S/C12H13N5O/c1-17-10-5-3-2-4-9(10)16-12(17)13-7-6-11-14-8-15-18-11/h2-5,8H,6-7H2,1H3,(H,13,16). The Balaban J connectivity index is 1.73. The number of nitrogens with one attached hydrogen (secondary N) is 1. The first-order valence-corrected chi connectivity index (χ1v) is 5.75. The van der Waals surface area contributed by atoms with Crippen molar-refractivity contribution >= 4 is 17.0 Å². The van der Waals surface area contributed by atoms with Crippen molar-refractivity contribution in [2.75, 3.05) is 11.9 Å². The van der Waals surface area contributed by atoms with Gasteiger partial charge in [-0.1, -0.05) is 17.3 Å². The first-order valence-electron chi connectivity index (χ1n) is 5.75. The maximum absolute atomic E-state index is 4.93. The molecule has 0 atom stereocenters. The number of imidazole rings is 1. The topological polar surface area (TPSA) is 68.8 Å². The number of benzene rings is 1. The van der Waals surface area contributed by atoms with Crippen molar-refractivity contribution < 1.29 is 4.52 Å². The second kappa shape index (κ2) is 4.48. The highest BCUT2D eigenvalue weighted by Crippen LogP contribution is 2.17. The minimum atomic E-state index is 0.626. The monoisotopic (exact) mass is 243 g/mol. The lowest BCUT2D eigenvalue weighted by atomic mass is 10.3. The van der Waals surface area contributed by atoms with Gasteiger partial charge in [0.2, 0.25) is 11.8 Å². The Morgan fingerprint density at radius 2 is 2.22 bits per heavy atom. The van der Waals surface area contributed by atoms with Gasteiger partial charge in [-0.25, -0.2) is 4.98 Å². The highest BCUT2D eigenvalue weighted by molar-refractivity contribution is 5.78. The van der Waals surface area contributed by atoms with Gasteiger partial charge in [-0.3, -0.25) is 0 Å². The molecule has 0 bridgehead atoms. The van der Waals surface area contributed by atoms with Crippen molar-refractivity contribution in [3.8, 4) is 0 Å². The summed E-state index contributed by atoms with van der Waals surface area (Å²) in [4.78, 5) is 8.48. The first kappa shape index (κ1) is 10.8. The van der Waals surface area contributed by atoms with Crippen LogP contribution in [-0.2, 0) is 13.5 Å². The molecule has 6 heteroatoms. The summed E-state index contributed by atoms with van der Waals surface area (Å²) >= 11 is 0. The molecule has 0 saturated heterocycles. The van der Waals surface area contributed by atoms with E-state index in [-0.39, 0.29) is 0 Å². The SMILES string of the molecule is Cn1c(NCCc2ncno2)nc2ccccc21. The molecule has 0 aliphatic rings. The number of aryl methyl sites for hydroxylation is 1. The van der Waals surface area contributed by atoms with Crippen LogP contribution in [0.3, 0.4) is 0 Å². The van der Waals surface area contributed by atoms with Crippen LogP contribution >= 0.6 is 0 Å². The van der Waals surface area contributed by atoms with Crippen molar-refractivity contribution in [2.24, 2.45) is 7.05 Å². The van der Waals surface area contributed by atoms with E-state index in [0.29, 0.717) is 18.9 Å². The quantitative estimate of drug-likeness (QED) is 0.754. The summed E-state index contributed by atoms with van der Waals surface area (Å²) in [6.45, 7) is 0.708. The van der Waals surface area contributed by atoms with Crippen molar-refractivity contribution in [1.82, 2.24) is 19.7 Å². The lowest BCUT2D eigenvalue weighted by Gasteiger charge is -2.04. The van der Waals surface area contributed by atoms with E-state index >= 15 is 0 Å². The molecule has 3 rings (SSSR count). The van der Waals surface area contributed by atoms with Crippen molar-refractivity contribution in [1.29, 1.82) is 0 Å². The second-order valence-electron chi connectivity index (χ2n) is 3.99. The number of rotatable bonds is 4. The molecule has 1 N–H and O–H groups in total. The molecule has 0 amide bonds. The van der Waals surface area contributed by atoms with Crippen LogP contribution in [-0.4, -0.2) is 26.2 Å². The molecule has 0 spiro atoms. The molecular weight excluding hydrogens is 230 g/mol. The highest BCUT2D eigenvalue weighted by Gasteiger charge is 2.06. The van der Waals surface area contributed by atoms with Crippen LogP contribution in [0.5, 0.6) is 0 Å². The van der Waals surface area contributed by atoms with Gasteiger partial charge in [-0.05, 0) is 12.1 Å². The summed E-state index contributed by atoms with van der Waals surface area (Å²) in [6, 6.07) is 8.04. The van der Waals surface area contributed by atoms with Gasteiger partial charge in [0.25, 0.3) is 0 Å². The summed E-state index contributed by atoms with van der Waals surface area (Å²) in [5.41, 5.74) is 2.10. The minimum absolute atomic E-state index is 0.626. The van der Waals surface area contributed by atoms with Crippen molar-refractivity contribution in [3.63, 3.8) is 0 Å². The number of nitrogens with zero attached hydrogens (tertiary/aromatic N) is 4. The van der Waals surface area contributed by atoms with Crippen LogP contribution in [0.15, 0.2) is 35.1 Å². The van der Waals surface area contributed by atoms with Gasteiger partial charge in [-0.15, -0.1) is 0 Å². The van der Waals surface area contributed by atoms with E-state index in [0.717, 1.165) is 17.0 Å². The normalized spacial score (nSPS) is 10.9. The average molecular weight is 243 g/mol. The van der Waals surface area contributed by atoms with E-state index in [2.05, 4.69) is 20.4 Å². The van der Waals surface area contributed by atoms with Gasteiger partial charge in [0.05, 0.1) is 11.0 Å². The Kier molecular flexibility index (Phi) is 2.68. The van der Waals surface area contributed by atoms with Gasteiger partial charge >= 0.3 is 0 Å². The van der Waals surface area contributed by atoms with Crippen molar-refractivity contribution in [2.45, 2.75) is 6.42 Å². The van der Waals surface area contributed by atoms with Gasteiger partial charge in [-0.2, -0.15) is 4.98 Å². The molecule has 3 aromatic rings. The van der Waals surface area contributed by atoms with Gasteiger partial charge in [0.15, 0.2) is 6.33 Å². The zero-order valence-electron chi connectivity index (χ0n) is 10.00. The van der Waals surface area contributed by atoms with Crippen LogP contribution < -0.4 is 5.32 Å². The third-order valence-electron chi connectivity index (χ3n) is 2.82. The number of aromatic nitrogens is 4. The van der Waals surface area contributed by atoms with Gasteiger partial charge < -0.3 is 14.4 Å². The maximum atomic E-state index is 4.93. The molecule has 18 heavy (non-hydrogen) atoms. The predicted molar refractivity (Wildman–Crippen MR) is 67.2 cm³/mol. The molecule has 0 saturated carbocycles. The Morgan fingerprint density at radius 1 is 1.33 bits per heavy atom. The Hall–Kier alpha value is -2.37. The molecule has 0 fully saturated rings. The number of hydrogen-bond acceptors (Lipinski definition) is 5. The molecule has 2 aromatic heterocycles. The summed E-state index contributed by atoms with van der Waals surface area (Å²) in [5.74, 6) is 1.47.